The fraction of sp³-hybridized carbons (Fsp3) is 0.500. The number of benzene rings is 1. The van der Waals surface area contributed by atoms with Crippen molar-refractivity contribution in [3.05, 3.63) is 35.4 Å². The number of hydrogen-bond acceptors (Lipinski definition) is 1. The highest BCUT2D eigenvalue weighted by atomic mass is 19.4. The molecule has 7 heteroatoms. The van der Waals surface area contributed by atoms with E-state index < -0.39 is 23.6 Å². The number of carbonyl (C=O) groups excluding carboxylic acids is 1. The van der Waals surface area contributed by atoms with Gasteiger partial charge in [0, 0.05) is 0 Å². The molecule has 4 nitrogen and oxygen atoms in total. The van der Waals surface area contributed by atoms with Gasteiger partial charge >= 0.3 is 6.18 Å². The number of nitrogens with two attached hydrogens (primary N) is 2. The van der Waals surface area contributed by atoms with Crippen LogP contribution in [0.4, 0.5) is 13.2 Å². The molecule has 0 aliphatic heterocycles. The van der Waals surface area contributed by atoms with Gasteiger partial charge in [0.15, 0.2) is 5.96 Å². The van der Waals surface area contributed by atoms with Gasteiger partial charge in [-0.15, -0.1) is 0 Å². The summed E-state index contributed by atoms with van der Waals surface area (Å²) in [5.41, 5.74) is 10.4. The Labute approximate surface area is 131 Å². The normalized spacial score (nSPS) is 29.5. The van der Waals surface area contributed by atoms with E-state index in [1.165, 1.54) is 6.07 Å². The molecular formula is C16H18F3N3O. The van der Waals surface area contributed by atoms with Gasteiger partial charge in [-0.1, -0.05) is 18.2 Å². The van der Waals surface area contributed by atoms with E-state index in [1.807, 2.05) is 0 Å². The van der Waals surface area contributed by atoms with Gasteiger partial charge in [-0.3, -0.25) is 4.79 Å². The summed E-state index contributed by atoms with van der Waals surface area (Å²) in [5.74, 6) is -1.03. The lowest BCUT2D eigenvalue weighted by Crippen LogP contribution is -2.31. The third-order valence-corrected chi connectivity index (χ3v) is 5.04. The van der Waals surface area contributed by atoms with Gasteiger partial charge in [0.2, 0.25) is 0 Å². The van der Waals surface area contributed by atoms with Crippen LogP contribution in [0.5, 0.6) is 0 Å². The third kappa shape index (κ3) is 2.92. The van der Waals surface area contributed by atoms with E-state index in [4.69, 9.17) is 11.5 Å². The molecule has 0 aromatic heterocycles. The average molecular weight is 325 g/mol. The van der Waals surface area contributed by atoms with Crippen molar-refractivity contribution in [3.8, 4) is 0 Å². The van der Waals surface area contributed by atoms with E-state index in [0.29, 0.717) is 5.56 Å². The summed E-state index contributed by atoms with van der Waals surface area (Å²) in [7, 11) is 0. The van der Waals surface area contributed by atoms with Crippen LogP contribution in [0.25, 0.3) is 0 Å². The number of aliphatic imine (C=N–C) groups is 1. The molecule has 0 heterocycles. The van der Waals surface area contributed by atoms with Gasteiger partial charge in [-0.25, -0.2) is 0 Å². The highest BCUT2D eigenvalue weighted by Crippen LogP contribution is 2.57. The molecule has 1 aromatic rings. The molecule has 2 aliphatic rings. The van der Waals surface area contributed by atoms with Crippen LogP contribution in [0, 0.1) is 17.8 Å². The number of hydrogen-bond donors (Lipinski definition) is 2. The van der Waals surface area contributed by atoms with Crippen LogP contribution in [0.1, 0.15) is 36.3 Å². The van der Waals surface area contributed by atoms with E-state index in [-0.39, 0.29) is 23.7 Å². The summed E-state index contributed by atoms with van der Waals surface area (Å²) in [4.78, 5) is 16.0. The number of halogens is 3. The van der Waals surface area contributed by atoms with Crippen LogP contribution in [0.15, 0.2) is 29.3 Å². The predicted octanol–water partition coefficient (Wildman–Crippen LogP) is 2.64. The molecule has 0 saturated heterocycles. The zero-order valence-electron chi connectivity index (χ0n) is 12.4. The second-order valence-corrected chi connectivity index (χ2v) is 6.38. The Morgan fingerprint density at radius 3 is 2.52 bits per heavy atom. The van der Waals surface area contributed by atoms with Crippen LogP contribution in [-0.4, -0.2) is 11.9 Å². The minimum Gasteiger partial charge on any atom is -0.370 e. The largest absolute Gasteiger partial charge is 0.416 e. The number of rotatable bonds is 2. The molecule has 4 atom stereocenters. The number of fused-ring (bicyclic) bond motifs is 2. The van der Waals surface area contributed by atoms with Gasteiger partial charge in [0.05, 0.1) is 11.5 Å². The maximum atomic E-state index is 12.9. The van der Waals surface area contributed by atoms with Crippen molar-refractivity contribution in [3.63, 3.8) is 0 Å². The molecule has 0 radical (unpaired) electrons. The molecule has 4 N–H and O–H groups in total. The van der Waals surface area contributed by atoms with Gasteiger partial charge in [0.1, 0.15) is 0 Å². The van der Waals surface area contributed by atoms with Crippen molar-refractivity contribution in [2.24, 2.45) is 34.2 Å². The number of amides is 1. The highest BCUT2D eigenvalue weighted by molar-refractivity contribution is 5.93. The summed E-state index contributed by atoms with van der Waals surface area (Å²) >= 11 is 0. The lowest BCUT2D eigenvalue weighted by molar-refractivity contribution is -0.137. The van der Waals surface area contributed by atoms with Gasteiger partial charge < -0.3 is 11.5 Å². The lowest BCUT2D eigenvalue weighted by Gasteiger charge is -2.29. The summed E-state index contributed by atoms with van der Waals surface area (Å²) in [5, 5.41) is 0. The summed E-state index contributed by atoms with van der Waals surface area (Å²) in [6.07, 6.45) is -1.72. The molecule has 3 rings (SSSR count). The zero-order chi connectivity index (χ0) is 16.8. The Hall–Kier alpha value is -2.05. The summed E-state index contributed by atoms with van der Waals surface area (Å²) in [6, 6.07) is 5.26. The topological polar surface area (TPSA) is 81.5 Å². The first-order valence-corrected chi connectivity index (χ1v) is 7.58. The Balaban J connectivity index is 1.97. The predicted molar refractivity (Wildman–Crippen MR) is 79.3 cm³/mol. The van der Waals surface area contributed by atoms with E-state index >= 15 is 0 Å². The molecule has 2 unspecified atom stereocenters. The maximum Gasteiger partial charge on any atom is 0.416 e. The molecule has 1 amide bonds. The van der Waals surface area contributed by atoms with E-state index in [0.717, 1.165) is 31.4 Å². The lowest BCUT2D eigenvalue weighted by atomic mass is 9.75. The Bertz CT molecular complexity index is 652. The Morgan fingerprint density at radius 1 is 1.17 bits per heavy atom. The minimum atomic E-state index is -4.40. The average Bonchev–Trinajstić information content (AvgIpc) is 3.06. The second-order valence-electron chi connectivity index (χ2n) is 6.38. The molecular weight excluding hydrogens is 307 g/mol. The molecule has 124 valence electrons. The number of guanidine groups is 1. The molecule has 2 aliphatic carbocycles. The fourth-order valence-electron chi connectivity index (χ4n) is 4.25. The van der Waals surface area contributed by atoms with Crippen molar-refractivity contribution < 1.29 is 18.0 Å². The molecule has 0 spiro atoms. The molecule has 23 heavy (non-hydrogen) atoms. The van der Waals surface area contributed by atoms with Crippen LogP contribution in [0.3, 0.4) is 0 Å². The van der Waals surface area contributed by atoms with Crippen molar-refractivity contribution in [2.45, 2.75) is 31.4 Å². The SMILES string of the molecule is NC(N)=NC(=O)[C@@H]1C2CCC(C2)[C@H]1c1cccc(C(F)(F)F)c1. The van der Waals surface area contributed by atoms with Crippen LogP contribution < -0.4 is 11.5 Å². The van der Waals surface area contributed by atoms with Crippen molar-refractivity contribution in [2.75, 3.05) is 0 Å². The molecule has 2 fully saturated rings. The van der Waals surface area contributed by atoms with Crippen LogP contribution in [0.2, 0.25) is 0 Å². The second kappa shape index (κ2) is 5.54. The smallest absolute Gasteiger partial charge is 0.370 e. The van der Waals surface area contributed by atoms with Gasteiger partial charge in [0.25, 0.3) is 5.91 Å². The first kappa shape index (κ1) is 15.8. The van der Waals surface area contributed by atoms with Crippen molar-refractivity contribution >= 4 is 11.9 Å². The Kier molecular flexibility index (Phi) is 3.82. The molecule has 2 saturated carbocycles. The number of carbonyl (C=O) groups is 1. The zero-order valence-corrected chi connectivity index (χ0v) is 12.4. The molecule has 1 aromatic carbocycles. The van der Waals surface area contributed by atoms with E-state index in [1.54, 1.807) is 6.07 Å². The Morgan fingerprint density at radius 2 is 1.87 bits per heavy atom. The summed E-state index contributed by atoms with van der Waals surface area (Å²) in [6.45, 7) is 0. The maximum absolute atomic E-state index is 12.9. The van der Waals surface area contributed by atoms with Crippen LogP contribution >= 0.6 is 0 Å². The standard InChI is InChI=1S/C16H18F3N3O/c17-16(18,19)11-3-1-2-8(7-11)12-9-4-5-10(6-9)13(12)14(23)22-15(20)21/h1-3,7,9-10,12-13H,4-6H2,(H4,20,21,22,23)/t9?,10?,12-,13-/m1/s1. The van der Waals surface area contributed by atoms with E-state index in [9.17, 15) is 18.0 Å². The minimum absolute atomic E-state index is 0.148. The monoisotopic (exact) mass is 325 g/mol. The summed E-state index contributed by atoms with van der Waals surface area (Å²) < 4.78 is 38.8. The highest BCUT2D eigenvalue weighted by Gasteiger charge is 2.51. The van der Waals surface area contributed by atoms with E-state index in [2.05, 4.69) is 4.99 Å². The van der Waals surface area contributed by atoms with Crippen LogP contribution in [-0.2, 0) is 11.0 Å². The number of alkyl halides is 3. The fourth-order valence-corrected chi connectivity index (χ4v) is 4.25. The van der Waals surface area contributed by atoms with Gasteiger partial charge in [-0.05, 0) is 48.6 Å². The first-order valence-electron chi connectivity index (χ1n) is 7.58. The quantitative estimate of drug-likeness (QED) is 0.648. The van der Waals surface area contributed by atoms with Gasteiger partial charge in [-0.2, -0.15) is 18.2 Å². The molecule has 2 bridgehead atoms. The third-order valence-electron chi connectivity index (χ3n) is 5.04. The van der Waals surface area contributed by atoms with Crippen molar-refractivity contribution in [1.29, 1.82) is 0 Å². The number of nitrogens with zero attached hydrogens (tertiary/aromatic N) is 1. The first-order chi connectivity index (χ1) is 10.8. The van der Waals surface area contributed by atoms with Crippen molar-refractivity contribution in [1.82, 2.24) is 0 Å².